The van der Waals surface area contributed by atoms with Crippen molar-refractivity contribution in [1.29, 1.82) is 0 Å². The first kappa shape index (κ1) is 18.4. The monoisotopic (exact) mass is 396 g/mol. The van der Waals surface area contributed by atoms with Crippen LogP contribution >= 0.6 is 11.3 Å². The number of amides is 1. The van der Waals surface area contributed by atoms with Crippen LogP contribution in [0.5, 0.6) is 0 Å². The number of carboxylic acid groups (broad SMARTS) is 1. The quantitative estimate of drug-likeness (QED) is 0.731. The maximum absolute atomic E-state index is 13.3. The summed E-state index contributed by atoms with van der Waals surface area (Å²) < 4.78 is 1.42. The second-order valence-electron chi connectivity index (χ2n) is 6.88. The van der Waals surface area contributed by atoms with Gasteiger partial charge in [-0.3, -0.25) is 4.79 Å². The molecule has 0 saturated carbocycles. The summed E-state index contributed by atoms with van der Waals surface area (Å²) in [6.07, 6.45) is 1.88. The number of aromatic carboxylic acids is 1. The molecule has 1 aliphatic heterocycles. The molecule has 1 N–H and O–H groups in total. The van der Waals surface area contributed by atoms with Crippen molar-refractivity contribution in [3.63, 3.8) is 0 Å². The van der Waals surface area contributed by atoms with Crippen LogP contribution < -0.4 is 0 Å². The average Bonchev–Trinajstić information content (AvgIpc) is 3.35. The number of thiazole rings is 1. The number of piperidine rings is 1. The normalized spacial score (nSPS) is 16.9. The molecule has 0 radical (unpaired) electrons. The van der Waals surface area contributed by atoms with Crippen LogP contribution in [0, 0.1) is 6.92 Å². The maximum Gasteiger partial charge on any atom is 0.356 e. The molecule has 1 amide bonds. The van der Waals surface area contributed by atoms with Crippen molar-refractivity contribution in [3.8, 4) is 5.69 Å². The van der Waals surface area contributed by atoms with E-state index in [2.05, 4.69) is 10.1 Å². The van der Waals surface area contributed by atoms with Gasteiger partial charge >= 0.3 is 5.97 Å². The first-order valence-electron chi connectivity index (χ1n) is 9.13. The molecule has 0 aliphatic carbocycles. The number of hydrogen-bond acceptors (Lipinski definition) is 5. The van der Waals surface area contributed by atoms with Gasteiger partial charge in [0.1, 0.15) is 5.69 Å². The summed E-state index contributed by atoms with van der Waals surface area (Å²) in [5.74, 6) is -1.15. The molecule has 0 spiro atoms. The molecule has 2 aromatic heterocycles. The third-order valence-electron chi connectivity index (χ3n) is 4.84. The highest BCUT2D eigenvalue weighted by atomic mass is 32.1. The summed E-state index contributed by atoms with van der Waals surface area (Å²) in [6.45, 7) is 3.19. The van der Waals surface area contributed by atoms with E-state index in [0.717, 1.165) is 23.5 Å². The Kier molecular flexibility index (Phi) is 4.95. The van der Waals surface area contributed by atoms with Crippen LogP contribution in [-0.2, 0) is 0 Å². The van der Waals surface area contributed by atoms with Crippen molar-refractivity contribution in [2.75, 3.05) is 13.1 Å². The van der Waals surface area contributed by atoms with E-state index >= 15 is 0 Å². The number of aromatic nitrogens is 3. The summed E-state index contributed by atoms with van der Waals surface area (Å²) >= 11 is 1.63. The lowest BCUT2D eigenvalue weighted by Crippen LogP contribution is -2.40. The van der Waals surface area contributed by atoms with E-state index in [4.69, 9.17) is 0 Å². The molecule has 3 aromatic rings. The number of carbonyl (C=O) groups excluding carboxylic acids is 1. The second kappa shape index (κ2) is 7.55. The SMILES string of the molecule is Cc1csc(C2CCCN(C(=O)c3cc(C(=O)O)nn3-c3ccccc3)C2)n1. The van der Waals surface area contributed by atoms with Crippen molar-refractivity contribution in [2.24, 2.45) is 0 Å². The van der Waals surface area contributed by atoms with Crippen LogP contribution in [0.4, 0.5) is 0 Å². The average molecular weight is 396 g/mol. The zero-order valence-corrected chi connectivity index (χ0v) is 16.2. The van der Waals surface area contributed by atoms with E-state index in [1.54, 1.807) is 28.4 Å². The zero-order chi connectivity index (χ0) is 19.7. The molecule has 144 valence electrons. The fourth-order valence-corrected chi connectivity index (χ4v) is 4.41. The first-order valence-corrected chi connectivity index (χ1v) is 10.0. The summed E-state index contributed by atoms with van der Waals surface area (Å²) in [4.78, 5) is 31.1. The largest absolute Gasteiger partial charge is 0.476 e. The van der Waals surface area contributed by atoms with Crippen LogP contribution in [0.25, 0.3) is 5.69 Å². The van der Waals surface area contributed by atoms with Gasteiger partial charge in [-0.25, -0.2) is 14.5 Å². The molecular formula is C20H20N4O3S. The number of rotatable bonds is 4. The highest BCUT2D eigenvalue weighted by molar-refractivity contribution is 7.09. The van der Waals surface area contributed by atoms with Crippen molar-refractivity contribution in [3.05, 3.63) is 63.9 Å². The maximum atomic E-state index is 13.3. The molecule has 4 rings (SSSR count). The predicted octanol–water partition coefficient (Wildman–Crippen LogP) is 3.36. The smallest absolute Gasteiger partial charge is 0.356 e. The van der Waals surface area contributed by atoms with E-state index in [0.29, 0.717) is 18.8 Å². The predicted molar refractivity (Wildman–Crippen MR) is 105 cm³/mol. The minimum absolute atomic E-state index is 0.142. The van der Waals surface area contributed by atoms with Crippen LogP contribution in [0.2, 0.25) is 0 Å². The Balaban J connectivity index is 1.64. The van der Waals surface area contributed by atoms with E-state index in [1.807, 2.05) is 30.5 Å². The van der Waals surface area contributed by atoms with Gasteiger partial charge < -0.3 is 10.0 Å². The molecule has 1 saturated heterocycles. The Bertz CT molecular complexity index is 1010. The van der Waals surface area contributed by atoms with Gasteiger partial charge in [-0.2, -0.15) is 5.10 Å². The van der Waals surface area contributed by atoms with E-state index in [1.165, 1.54) is 10.7 Å². The number of hydrogen-bond donors (Lipinski definition) is 1. The molecule has 3 heterocycles. The summed E-state index contributed by atoms with van der Waals surface area (Å²) in [5.41, 5.74) is 1.77. The topological polar surface area (TPSA) is 88.3 Å². The molecule has 28 heavy (non-hydrogen) atoms. The van der Waals surface area contributed by atoms with Gasteiger partial charge in [0, 0.05) is 36.1 Å². The molecule has 0 bridgehead atoms. The van der Waals surface area contributed by atoms with Gasteiger partial charge in [-0.05, 0) is 31.9 Å². The lowest BCUT2D eigenvalue weighted by atomic mass is 9.98. The summed E-state index contributed by atoms with van der Waals surface area (Å²) in [7, 11) is 0. The molecule has 1 atom stereocenters. The van der Waals surface area contributed by atoms with Crippen LogP contribution in [0.1, 0.15) is 50.4 Å². The summed E-state index contributed by atoms with van der Waals surface area (Å²) in [6, 6.07) is 10.5. The Morgan fingerprint density at radius 3 is 2.71 bits per heavy atom. The van der Waals surface area contributed by atoms with Gasteiger partial charge in [0.2, 0.25) is 0 Å². The fraction of sp³-hybridized carbons (Fsp3) is 0.300. The standard InChI is InChI=1S/C20H20N4O3S/c1-13-12-28-18(21-13)14-6-5-9-23(11-14)19(25)17-10-16(20(26)27)22-24(17)15-7-3-2-4-8-15/h2-4,7-8,10,12,14H,5-6,9,11H2,1H3,(H,26,27). The highest BCUT2D eigenvalue weighted by Gasteiger charge is 2.30. The number of para-hydroxylation sites is 1. The fourth-order valence-electron chi connectivity index (χ4n) is 3.49. The van der Waals surface area contributed by atoms with Crippen LogP contribution in [0.3, 0.4) is 0 Å². The summed E-state index contributed by atoms with van der Waals surface area (Å²) in [5, 5.41) is 16.6. The van der Waals surface area contributed by atoms with Crippen LogP contribution in [-0.4, -0.2) is 49.7 Å². The zero-order valence-electron chi connectivity index (χ0n) is 15.4. The second-order valence-corrected chi connectivity index (χ2v) is 7.77. The lowest BCUT2D eigenvalue weighted by molar-refractivity contribution is 0.0686. The first-order chi connectivity index (χ1) is 13.5. The Hall–Kier alpha value is -3.00. The van der Waals surface area contributed by atoms with E-state index < -0.39 is 5.97 Å². The van der Waals surface area contributed by atoms with Crippen molar-refractivity contribution < 1.29 is 14.7 Å². The van der Waals surface area contributed by atoms with Gasteiger partial charge in [0.15, 0.2) is 5.69 Å². The van der Waals surface area contributed by atoms with Gasteiger partial charge in [-0.15, -0.1) is 11.3 Å². The number of carbonyl (C=O) groups is 2. The minimum Gasteiger partial charge on any atom is -0.476 e. The van der Waals surface area contributed by atoms with Crippen molar-refractivity contribution in [1.82, 2.24) is 19.7 Å². The third-order valence-corrected chi connectivity index (χ3v) is 5.97. The van der Waals surface area contributed by atoms with Crippen molar-refractivity contribution in [2.45, 2.75) is 25.7 Å². The Labute approximate surface area is 166 Å². The molecule has 1 aliphatic rings. The number of likely N-dealkylation sites (tertiary alicyclic amines) is 1. The number of aryl methyl sites for hydroxylation is 1. The molecule has 8 heteroatoms. The Morgan fingerprint density at radius 1 is 1.25 bits per heavy atom. The molecule has 1 aromatic carbocycles. The highest BCUT2D eigenvalue weighted by Crippen LogP contribution is 2.30. The minimum atomic E-state index is -1.15. The van der Waals surface area contributed by atoms with Crippen molar-refractivity contribution >= 4 is 23.2 Å². The van der Waals surface area contributed by atoms with E-state index in [9.17, 15) is 14.7 Å². The van der Waals surface area contributed by atoms with E-state index in [-0.39, 0.29) is 23.2 Å². The number of carboxylic acids is 1. The molecule has 1 fully saturated rings. The molecule has 1 unspecified atom stereocenters. The van der Waals surface area contributed by atoms with Gasteiger partial charge in [0.05, 0.1) is 10.7 Å². The van der Waals surface area contributed by atoms with Gasteiger partial charge in [0.25, 0.3) is 5.91 Å². The molecular weight excluding hydrogens is 376 g/mol. The Morgan fingerprint density at radius 2 is 2.04 bits per heavy atom. The third kappa shape index (κ3) is 3.55. The van der Waals surface area contributed by atoms with Gasteiger partial charge in [-0.1, -0.05) is 18.2 Å². The number of benzene rings is 1. The lowest BCUT2D eigenvalue weighted by Gasteiger charge is -2.31. The van der Waals surface area contributed by atoms with Crippen LogP contribution in [0.15, 0.2) is 41.8 Å². The number of nitrogens with zero attached hydrogens (tertiary/aromatic N) is 4. The molecule has 7 nitrogen and oxygen atoms in total.